The highest BCUT2D eigenvalue weighted by molar-refractivity contribution is 7.89. The number of rotatable bonds is 22. The molecule has 23 nitrogen and oxygen atoms in total. The molecule has 0 radical (unpaired) electrons. The van der Waals surface area contributed by atoms with Crippen molar-refractivity contribution in [3.05, 3.63) is 90.7 Å². The number of H-pyrrole nitrogens is 2. The summed E-state index contributed by atoms with van der Waals surface area (Å²) in [6.07, 6.45) is 8.32. The van der Waals surface area contributed by atoms with Crippen molar-refractivity contribution in [2.24, 2.45) is 14.1 Å². The van der Waals surface area contributed by atoms with Crippen LogP contribution in [0.2, 0.25) is 0 Å². The van der Waals surface area contributed by atoms with Crippen LogP contribution in [0.1, 0.15) is 64.5 Å². The smallest absolute Gasteiger partial charge is 0.294 e. The molecule has 3 N–H and O–H groups in total. The maximum atomic E-state index is 13.6. The number of piperazine rings is 2. The van der Waals surface area contributed by atoms with E-state index < -0.39 is 25.1 Å². The largest absolute Gasteiger partial charge is 0.493 e. The summed E-state index contributed by atoms with van der Waals surface area (Å²) in [5.41, 5.74) is 4.33. The lowest BCUT2D eigenvalue weighted by Crippen LogP contribution is -2.48. The van der Waals surface area contributed by atoms with Crippen molar-refractivity contribution in [2.75, 3.05) is 91.9 Å². The summed E-state index contributed by atoms with van der Waals surface area (Å²) in [5, 5.41) is 18.5. The van der Waals surface area contributed by atoms with Crippen molar-refractivity contribution in [3.63, 3.8) is 0 Å². The molecule has 6 heterocycles. The summed E-state index contributed by atoms with van der Waals surface area (Å²) in [5.74, 6) is 1.41. The monoisotopic (exact) mass is 1080 g/mol. The Labute approximate surface area is 436 Å². The number of nitrogens with zero attached hydrogens (tertiary/aromatic N) is 9. The van der Waals surface area contributed by atoms with Gasteiger partial charge in [-0.3, -0.25) is 9.59 Å². The summed E-state index contributed by atoms with van der Waals surface area (Å²) in [6, 6.07) is 9.33. The fraction of sp³-hybridized carbons (Fsp3) is 0.520. The van der Waals surface area contributed by atoms with Crippen LogP contribution >= 0.6 is 0 Å². The number of aliphatic hydroxyl groups is 1. The number of hydrogen-bond donors (Lipinski definition) is 3. The highest BCUT2D eigenvalue weighted by Gasteiger charge is 2.32. The molecule has 75 heavy (non-hydrogen) atoms. The molecule has 25 heteroatoms. The number of sulfonamides is 2. The Balaban J connectivity index is 0.000000219. The lowest BCUT2D eigenvalue weighted by atomic mass is 10.1. The van der Waals surface area contributed by atoms with Crippen LogP contribution < -0.4 is 20.6 Å². The Hall–Kier alpha value is -6.22. The molecular weight excluding hydrogens is 1010 g/mol. The number of benzene rings is 2. The van der Waals surface area contributed by atoms with Gasteiger partial charge in [-0.2, -0.15) is 8.61 Å². The van der Waals surface area contributed by atoms with E-state index in [9.17, 15) is 36.5 Å². The SMILES string of the molecule is CCCc1cn(C)c2c(=O)[nH]c(-c3cc(S(=O)(=O)N4CCN(CCCO)CC4)ccc3OCC)nc12.CCCc1cn(C)c2c(=O)[nH]c(-c3cc(S(=O)(=O)N4CCN(CCCO[N+](=O)[O-])CC4)ccc3OCC)nc12. The Bertz CT molecular complexity index is 3300. The van der Waals surface area contributed by atoms with E-state index in [-0.39, 0.29) is 58.9 Å². The van der Waals surface area contributed by atoms with Gasteiger partial charge in [0.05, 0.1) is 51.8 Å². The molecule has 2 saturated heterocycles. The van der Waals surface area contributed by atoms with E-state index in [2.05, 4.69) is 38.5 Å². The van der Waals surface area contributed by atoms with Gasteiger partial charge in [0.25, 0.3) is 16.2 Å². The number of nitrogens with one attached hydrogen (secondary N) is 2. The molecule has 0 bridgehead atoms. The molecule has 6 aromatic rings. The third-order valence-electron chi connectivity index (χ3n) is 13.2. The number of fused-ring (bicyclic) bond motifs is 2. The molecule has 0 saturated carbocycles. The average molecular weight is 1080 g/mol. The van der Waals surface area contributed by atoms with Gasteiger partial charge in [0, 0.05) is 98.5 Å². The van der Waals surface area contributed by atoms with Crippen molar-refractivity contribution in [2.45, 2.75) is 76.0 Å². The predicted molar refractivity (Wildman–Crippen MR) is 284 cm³/mol. The first kappa shape index (κ1) is 56.5. The second kappa shape index (κ2) is 25.1. The van der Waals surface area contributed by atoms with Gasteiger partial charge < -0.3 is 48.3 Å². The summed E-state index contributed by atoms with van der Waals surface area (Å²) in [7, 11) is -3.97. The van der Waals surface area contributed by atoms with Gasteiger partial charge in [0.15, 0.2) is 0 Å². The van der Waals surface area contributed by atoms with Gasteiger partial charge in [-0.25, -0.2) is 26.8 Å². The highest BCUT2D eigenvalue weighted by Crippen LogP contribution is 2.34. The second-order valence-corrected chi connectivity index (χ2v) is 22.3. The third kappa shape index (κ3) is 12.9. The maximum Gasteiger partial charge on any atom is 0.294 e. The Kier molecular flexibility index (Phi) is 18.9. The van der Waals surface area contributed by atoms with E-state index in [1.54, 1.807) is 40.4 Å². The Morgan fingerprint density at radius 3 is 1.44 bits per heavy atom. The molecule has 0 unspecified atom stereocenters. The number of aromatic nitrogens is 6. The van der Waals surface area contributed by atoms with Crippen LogP contribution in [0.5, 0.6) is 11.5 Å². The van der Waals surface area contributed by atoms with Crippen molar-refractivity contribution in [1.82, 2.24) is 47.5 Å². The summed E-state index contributed by atoms with van der Waals surface area (Å²) < 4.78 is 72.2. The first-order valence-electron chi connectivity index (χ1n) is 25.5. The first-order chi connectivity index (χ1) is 35.9. The molecule has 408 valence electrons. The molecule has 2 aliphatic rings. The van der Waals surface area contributed by atoms with Crippen LogP contribution in [0.15, 0.2) is 68.2 Å². The number of aliphatic hydroxyl groups excluding tert-OH is 1. The normalized spacial score (nSPS) is 15.3. The van der Waals surface area contributed by atoms with E-state index in [0.717, 1.165) is 43.4 Å². The molecular formula is C50H69N11O12S2. The van der Waals surface area contributed by atoms with E-state index in [1.165, 1.54) is 20.7 Å². The molecule has 2 aliphatic heterocycles. The Morgan fingerprint density at radius 2 is 1.07 bits per heavy atom. The molecule has 2 fully saturated rings. The van der Waals surface area contributed by atoms with Crippen molar-refractivity contribution in [1.29, 1.82) is 0 Å². The minimum atomic E-state index is -3.84. The van der Waals surface area contributed by atoms with Crippen LogP contribution in [0.4, 0.5) is 0 Å². The zero-order valence-electron chi connectivity index (χ0n) is 43.5. The minimum Gasteiger partial charge on any atom is -0.493 e. The second-order valence-electron chi connectivity index (χ2n) is 18.4. The van der Waals surface area contributed by atoms with Gasteiger partial charge in [-0.15, -0.1) is 10.1 Å². The maximum absolute atomic E-state index is 13.6. The van der Waals surface area contributed by atoms with Crippen LogP contribution in [0.25, 0.3) is 44.8 Å². The minimum absolute atomic E-state index is 0.00526. The number of ether oxygens (including phenoxy) is 2. The van der Waals surface area contributed by atoms with E-state index in [1.807, 2.05) is 33.3 Å². The average Bonchev–Trinajstić information content (AvgIpc) is 3.90. The summed E-state index contributed by atoms with van der Waals surface area (Å²) in [6.45, 7) is 13.5. The first-order valence-corrected chi connectivity index (χ1v) is 28.4. The zero-order valence-corrected chi connectivity index (χ0v) is 45.2. The van der Waals surface area contributed by atoms with Gasteiger partial charge in [-0.05, 0) is 87.1 Å². The topological polar surface area (TPSA) is 274 Å². The van der Waals surface area contributed by atoms with Crippen molar-refractivity contribution in [3.8, 4) is 34.3 Å². The highest BCUT2D eigenvalue weighted by atomic mass is 32.2. The fourth-order valence-electron chi connectivity index (χ4n) is 9.59. The van der Waals surface area contributed by atoms with Crippen LogP contribution in [-0.2, 0) is 51.8 Å². The van der Waals surface area contributed by atoms with Gasteiger partial charge in [-0.1, -0.05) is 26.7 Å². The van der Waals surface area contributed by atoms with Crippen molar-refractivity contribution >= 4 is 42.1 Å². The quantitative estimate of drug-likeness (QED) is 0.0489. The fourth-order valence-corrected chi connectivity index (χ4v) is 12.5. The molecule has 0 aliphatic carbocycles. The van der Waals surface area contributed by atoms with Crippen molar-refractivity contribution < 1.29 is 41.3 Å². The zero-order chi connectivity index (χ0) is 54.0. The molecule has 2 aromatic carbocycles. The van der Waals surface area contributed by atoms with Gasteiger partial charge in [0.2, 0.25) is 20.0 Å². The molecule has 0 atom stereocenters. The van der Waals surface area contributed by atoms with E-state index in [0.29, 0.717) is 117 Å². The summed E-state index contributed by atoms with van der Waals surface area (Å²) >= 11 is 0. The van der Waals surface area contributed by atoms with Crippen LogP contribution in [0.3, 0.4) is 0 Å². The predicted octanol–water partition coefficient (Wildman–Crippen LogP) is 4.15. The van der Waals surface area contributed by atoms with Gasteiger partial charge >= 0.3 is 0 Å². The standard InChI is InChI=1S/C25H34N6O7S.C25H35N5O5S/c1-4-7-18-17-28(3)23-22(18)26-24(27-25(23)32)20-16-19(8-9-21(20)37-5-2)39(35,36)30-13-11-29(12-14-30)10-6-15-38-31(33)34;1-4-7-18-17-28(3)23-22(18)26-24(27-25(23)32)20-16-19(8-9-21(20)35-5-2)36(33,34)30-13-11-29(12-14-30)10-6-15-31/h8-9,16-17H,4-7,10-15H2,1-3H3,(H,26,27,32);8-9,16-17,31H,4-7,10-15H2,1-3H3,(H,26,27,32). The summed E-state index contributed by atoms with van der Waals surface area (Å²) in [4.78, 5) is 60.3. The Morgan fingerprint density at radius 1 is 0.653 bits per heavy atom. The molecule has 8 rings (SSSR count). The van der Waals surface area contributed by atoms with E-state index in [4.69, 9.17) is 24.5 Å². The lowest BCUT2D eigenvalue weighted by Gasteiger charge is -2.34. The number of aromatic amines is 2. The lowest BCUT2D eigenvalue weighted by molar-refractivity contribution is -0.757. The third-order valence-corrected chi connectivity index (χ3v) is 17.0. The molecule has 0 spiro atoms. The molecule has 0 amide bonds. The number of aryl methyl sites for hydroxylation is 4. The van der Waals surface area contributed by atoms with Gasteiger partial charge in [0.1, 0.15) is 34.2 Å². The van der Waals surface area contributed by atoms with Crippen LogP contribution in [0, 0.1) is 10.1 Å². The van der Waals surface area contributed by atoms with E-state index >= 15 is 0 Å². The molecule has 4 aromatic heterocycles. The number of hydrogen-bond acceptors (Lipinski definition) is 16. The van der Waals surface area contributed by atoms with Crippen LogP contribution in [-0.4, -0.2) is 166 Å².